The van der Waals surface area contributed by atoms with Crippen LogP contribution < -0.4 is 11.1 Å². The molecule has 0 unspecified atom stereocenters. The fourth-order valence-corrected chi connectivity index (χ4v) is 2.99. The van der Waals surface area contributed by atoms with Crippen molar-refractivity contribution in [3.05, 3.63) is 70.9 Å². The van der Waals surface area contributed by atoms with Crippen molar-refractivity contribution in [1.82, 2.24) is 10.5 Å². The van der Waals surface area contributed by atoms with Gasteiger partial charge in [0.05, 0.1) is 0 Å². The summed E-state index contributed by atoms with van der Waals surface area (Å²) in [5.74, 6) is -0.173. The van der Waals surface area contributed by atoms with Gasteiger partial charge in [-0.1, -0.05) is 47.6 Å². The Balaban J connectivity index is 1.60. The minimum Gasteiger partial charge on any atom is -0.443 e. The van der Waals surface area contributed by atoms with Crippen molar-refractivity contribution in [2.45, 2.75) is 6.54 Å². The van der Waals surface area contributed by atoms with Crippen molar-refractivity contribution < 1.29 is 13.7 Å². The van der Waals surface area contributed by atoms with Crippen LogP contribution in [0.5, 0.6) is 0 Å². The first-order chi connectivity index (χ1) is 12.6. The summed E-state index contributed by atoms with van der Waals surface area (Å²) < 4.78 is 10.3. The fraction of sp³-hybridized carbons (Fsp3) is 0.0526. The Morgan fingerprint density at radius 1 is 1.12 bits per heavy atom. The number of aromatic nitrogens is 1. The summed E-state index contributed by atoms with van der Waals surface area (Å²) in [5.41, 5.74) is 7.11. The van der Waals surface area contributed by atoms with Gasteiger partial charge in [0.1, 0.15) is 5.56 Å². The van der Waals surface area contributed by atoms with Crippen molar-refractivity contribution >= 4 is 34.2 Å². The SMILES string of the molecule is Nc1onc(-c2ccc(Cl)o2)c1C(=O)NCc1cccc2ccccc12. The molecule has 2 aromatic carbocycles. The molecular weight excluding hydrogens is 354 g/mol. The average Bonchev–Trinajstić information content (AvgIpc) is 3.25. The summed E-state index contributed by atoms with van der Waals surface area (Å²) in [5, 5.41) is 9.04. The van der Waals surface area contributed by atoms with Gasteiger partial charge in [0.2, 0.25) is 5.88 Å². The lowest BCUT2D eigenvalue weighted by Crippen LogP contribution is -2.24. The minimum atomic E-state index is -0.404. The van der Waals surface area contributed by atoms with E-state index >= 15 is 0 Å². The third-order valence-electron chi connectivity index (χ3n) is 4.07. The number of hydrogen-bond acceptors (Lipinski definition) is 5. The van der Waals surface area contributed by atoms with Gasteiger partial charge in [-0.15, -0.1) is 0 Å². The molecule has 4 rings (SSSR count). The maximum Gasteiger partial charge on any atom is 0.259 e. The van der Waals surface area contributed by atoms with E-state index in [1.54, 1.807) is 12.1 Å². The van der Waals surface area contributed by atoms with Crippen molar-refractivity contribution in [2.24, 2.45) is 0 Å². The number of furan rings is 1. The number of nitrogens with one attached hydrogen (secondary N) is 1. The van der Waals surface area contributed by atoms with Crippen LogP contribution in [0.25, 0.3) is 22.2 Å². The number of amides is 1. The maximum absolute atomic E-state index is 12.7. The van der Waals surface area contributed by atoms with Crippen molar-refractivity contribution in [3.63, 3.8) is 0 Å². The van der Waals surface area contributed by atoms with Gasteiger partial charge in [0, 0.05) is 6.54 Å². The highest BCUT2D eigenvalue weighted by Crippen LogP contribution is 2.30. The Bertz CT molecular complexity index is 1100. The number of rotatable bonds is 4. The van der Waals surface area contributed by atoms with Crippen LogP contribution >= 0.6 is 11.6 Å². The van der Waals surface area contributed by atoms with Crippen LogP contribution in [0.4, 0.5) is 5.88 Å². The standard InChI is InChI=1S/C19H14ClN3O3/c20-15-9-8-14(25-15)17-16(18(21)26-23-17)19(24)22-10-12-6-3-5-11-4-1-2-7-13(11)12/h1-9H,10,21H2,(H,22,24). The lowest BCUT2D eigenvalue weighted by Gasteiger charge is -2.08. The van der Waals surface area contributed by atoms with Crippen LogP contribution in [0.2, 0.25) is 5.22 Å². The predicted molar refractivity (Wildman–Crippen MR) is 98.7 cm³/mol. The van der Waals surface area contributed by atoms with Gasteiger partial charge in [-0.05, 0) is 40.1 Å². The van der Waals surface area contributed by atoms with Gasteiger partial charge < -0.3 is 20.0 Å². The van der Waals surface area contributed by atoms with Crippen molar-refractivity contribution in [3.8, 4) is 11.5 Å². The number of carbonyl (C=O) groups is 1. The molecular formula is C19H14ClN3O3. The van der Waals surface area contributed by atoms with E-state index < -0.39 is 5.91 Å². The Labute approximate surface area is 153 Å². The summed E-state index contributed by atoms with van der Waals surface area (Å²) in [6, 6.07) is 17.1. The van der Waals surface area contributed by atoms with Crippen LogP contribution in [0, 0.1) is 0 Å². The van der Waals surface area contributed by atoms with Crippen LogP contribution in [0.1, 0.15) is 15.9 Å². The number of hydrogen-bond donors (Lipinski definition) is 2. The predicted octanol–water partition coefficient (Wildman–Crippen LogP) is 4.25. The smallest absolute Gasteiger partial charge is 0.259 e. The zero-order valence-corrected chi connectivity index (χ0v) is 14.3. The van der Waals surface area contributed by atoms with E-state index in [0.29, 0.717) is 12.3 Å². The topological polar surface area (TPSA) is 94.3 Å². The van der Waals surface area contributed by atoms with Crippen LogP contribution in [0.15, 0.2) is 63.5 Å². The normalized spacial score (nSPS) is 11.0. The van der Waals surface area contributed by atoms with Crippen LogP contribution in [-0.4, -0.2) is 11.1 Å². The first-order valence-electron chi connectivity index (χ1n) is 7.89. The number of carbonyl (C=O) groups excluding carboxylic acids is 1. The molecule has 0 bridgehead atoms. The molecule has 3 N–H and O–H groups in total. The Morgan fingerprint density at radius 3 is 2.73 bits per heavy atom. The van der Waals surface area contributed by atoms with E-state index in [9.17, 15) is 4.79 Å². The van der Waals surface area contributed by atoms with Gasteiger partial charge in [0.15, 0.2) is 16.7 Å². The second-order valence-electron chi connectivity index (χ2n) is 5.70. The molecule has 0 fully saturated rings. The summed E-state index contributed by atoms with van der Waals surface area (Å²) >= 11 is 5.79. The maximum atomic E-state index is 12.7. The first kappa shape index (κ1) is 16.2. The molecule has 7 heteroatoms. The minimum absolute atomic E-state index is 0.0806. The van der Waals surface area contributed by atoms with E-state index in [1.807, 2.05) is 42.5 Å². The molecule has 0 radical (unpaired) electrons. The van der Waals surface area contributed by atoms with Crippen molar-refractivity contribution in [2.75, 3.05) is 5.73 Å². The number of halogens is 1. The highest BCUT2D eigenvalue weighted by molar-refractivity contribution is 6.29. The van der Waals surface area contributed by atoms with Gasteiger partial charge >= 0.3 is 0 Å². The summed E-state index contributed by atoms with van der Waals surface area (Å²) in [6.45, 7) is 0.336. The number of nitrogens with zero attached hydrogens (tertiary/aromatic N) is 1. The average molecular weight is 368 g/mol. The third-order valence-corrected chi connectivity index (χ3v) is 4.27. The van der Waals surface area contributed by atoms with Gasteiger partial charge in [-0.2, -0.15) is 0 Å². The van der Waals surface area contributed by atoms with Gasteiger partial charge in [-0.25, -0.2) is 0 Å². The molecule has 26 heavy (non-hydrogen) atoms. The third kappa shape index (κ3) is 2.91. The van der Waals surface area contributed by atoms with E-state index in [2.05, 4.69) is 10.5 Å². The van der Waals surface area contributed by atoms with Gasteiger partial charge in [-0.3, -0.25) is 4.79 Å². The molecule has 2 heterocycles. The molecule has 0 aliphatic carbocycles. The van der Waals surface area contributed by atoms with E-state index in [4.69, 9.17) is 26.3 Å². The van der Waals surface area contributed by atoms with Gasteiger partial charge in [0.25, 0.3) is 5.91 Å². The number of anilines is 1. The largest absolute Gasteiger partial charge is 0.443 e. The number of benzene rings is 2. The highest BCUT2D eigenvalue weighted by atomic mass is 35.5. The van der Waals surface area contributed by atoms with E-state index in [0.717, 1.165) is 16.3 Å². The molecule has 0 saturated heterocycles. The molecule has 2 aromatic heterocycles. The molecule has 0 aliphatic rings. The van der Waals surface area contributed by atoms with E-state index in [-0.39, 0.29) is 22.4 Å². The number of nitrogens with two attached hydrogens (primary N) is 1. The lowest BCUT2D eigenvalue weighted by atomic mass is 10.0. The van der Waals surface area contributed by atoms with Crippen LogP contribution in [-0.2, 0) is 6.54 Å². The second-order valence-corrected chi connectivity index (χ2v) is 6.07. The molecule has 0 spiro atoms. The Morgan fingerprint density at radius 2 is 1.92 bits per heavy atom. The Kier molecular flexibility index (Phi) is 4.10. The monoisotopic (exact) mass is 367 g/mol. The zero-order valence-electron chi connectivity index (χ0n) is 13.5. The number of nitrogen functional groups attached to an aromatic ring is 1. The first-order valence-corrected chi connectivity index (χ1v) is 8.27. The molecule has 4 aromatic rings. The molecule has 0 aliphatic heterocycles. The molecule has 0 atom stereocenters. The van der Waals surface area contributed by atoms with Crippen LogP contribution in [0.3, 0.4) is 0 Å². The molecule has 6 nitrogen and oxygen atoms in total. The quantitative estimate of drug-likeness (QED) is 0.562. The highest BCUT2D eigenvalue weighted by Gasteiger charge is 2.24. The van der Waals surface area contributed by atoms with Crippen molar-refractivity contribution in [1.29, 1.82) is 0 Å². The molecule has 130 valence electrons. The Hall–Kier alpha value is -3.25. The number of fused-ring (bicyclic) bond motifs is 1. The summed E-state index contributed by atoms with van der Waals surface area (Å²) in [7, 11) is 0. The summed E-state index contributed by atoms with van der Waals surface area (Å²) in [6.07, 6.45) is 0. The molecule has 0 saturated carbocycles. The zero-order chi connectivity index (χ0) is 18.1. The lowest BCUT2D eigenvalue weighted by molar-refractivity contribution is 0.0952. The summed E-state index contributed by atoms with van der Waals surface area (Å²) in [4.78, 5) is 12.7. The van der Waals surface area contributed by atoms with E-state index in [1.165, 1.54) is 0 Å². The molecule has 1 amide bonds. The second kappa shape index (κ2) is 6.57. The fourth-order valence-electron chi connectivity index (χ4n) is 2.84.